The number of unbranched alkanes of at least 4 members (excludes halogenated alkanes) is 5. The Balaban J connectivity index is 1.55. The van der Waals surface area contributed by atoms with Gasteiger partial charge in [-0.2, -0.15) is 0 Å². The number of rotatable bonds is 10. The second kappa shape index (κ2) is 10.9. The quantitative estimate of drug-likeness (QED) is 0.317. The first-order valence-electron chi connectivity index (χ1n) is 11.2. The average molecular weight is 386 g/mol. The number of hydrogen-bond acceptors (Lipinski definition) is 1. The van der Waals surface area contributed by atoms with E-state index in [0.29, 0.717) is 0 Å². The third-order valence-corrected chi connectivity index (χ3v) is 5.78. The lowest BCUT2D eigenvalue weighted by atomic mass is 10.0. The Morgan fingerprint density at radius 1 is 0.586 bits per heavy atom. The van der Waals surface area contributed by atoms with Gasteiger partial charge in [-0.3, -0.25) is 0 Å². The highest BCUT2D eigenvalue weighted by Gasteiger charge is 2.05. The molecule has 3 aromatic rings. The normalized spacial score (nSPS) is 10.9. The second-order valence-corrected chi connectivity index (χ2v) is 8.16. The Morgan fingerprint density at radius 3 is 1.66 bits per heavy atom. The lowest BCUT2D eigenvalue weighted by molar-refractivity contribution is 0.607. The van der Waals surface area contributed by atoms with Gasteiger partial charge in [-0.25, -0.2) is 0 Å². The maximum atomic E-state index is 2.29. The maximum absolute atomic E-state index is 2.29. The van der Waals surface area contributed by atoms with Crippen molar-refractivity contribution < 1.29 is 0 Å². The van der Waals surface area contributed by atoms with Gasteiger partial charge in [-0.15, -0.1) is 0 Å². The second-order valence-electron chi connectivity index (χ2n) is 8.16. The summed E-state index contributed by atoms with van der Waals surface area (Å²) in [6.07, 6.45) is 9.34. The van der Waals surface area contributed by atoms with Crippen LogP contribution in [0.25, 0.3) is 11.1 Å². The zero-order chi connectivity index (χ0) is 20.5. The number of anilines is 2. The van der Waals surface area contributed by atoms with E-state index in [-0.39, 0.29) is 0 Å². The first kappa shape index (κ1) is 21.2. The first-order valence-corrected chi connectivity index (χ1v) is 11.2. The standard InChI is InChI=1S/C28H35N/c1-4-5-6-7-8-9-10-24-13-19-27(20-14-24)29(3)28-21-17-26(18-22-28)25-15-11-23(2)12-16-25/h11-22H,4-10H2,1-3H3. The van der Waals surface area contributed by atoms with Crippen molar-refractivity contribution in [1.82, 2.24) is 0 Å². The van der Waals surface area contributed by atoms with Crippen molar-refractivity contribution in [1.29, 1.82) is 0 Å². The summed E-state index contributed by atoms with van der Waals surface area (Å²) < 4.78 is 0. The third kappa shape index (κ3) is 6.22. The highest BCUT2D eigenvalue weighted by atomic mass is 15.1. The van der Waals surface area contributed by atoms with E-state index in [1.54, 1.807) is 0 Å². The predicted octanol–water partition coefficient (Wildman–Crippen LogP) is 8.33. The molecule has 0 aliphatic heterocycles. The van der Waals surface area contributed by atoms with E-state index < -0.39 is 0 Å². The van der Waals surface area contributed by atoms with Crippen molar-refractivity contribution in [2.75, 3.05) is 11.9 Å². The molecule has 0 spiro atoms. The Hall–Kier alpha value is -2.54. The molecule has 0 atom stereocenters. The van der Waals surface area contributed by atoms with E-state index in [4.69, 9.17) is 0 Å². The van der Waals surface area contributed by atoms with E-state index in [1.165, 1.54) is 78.6 Å². The van der Waals surface area contributed by atoms with Gasteiger partial charge in [0.2, 0.25) is 0 Å². The van der Waals surface area contributed by atoms with Crippen LogP contribution in [0.4, 0.5) is 11.4 Å². The first-order chi connectivity index (χ1) is 14.2. The Morgan fingerprint density at radius 2 is 1.07 bits per heavy atom. The Bertz CT molecular complexity index is 844. The van der Waals surface area contributed by atoms with Crippen molar-refractivity contribution in [2.24, 2.45) is 0 Å². The van der Waals surface area contributed by atoms with Gasteiger partial charge >= 0.3 is 0 Å². The molecular formula is C28H35N. The maximum Gasteiger partial charge on any atom is 0.0408 e. The lowest BCUT2D eigenvalue weighted by Gasteiger charge is -2.20. The van der Waals surface area contributed by atoms with Crippen LogP contribution < -0.4 is 4.90 Å². The van der Waals surface area contributed by atoms with Crippen molar-refractivity contribution in [3.05, 3.63) is 83.9 Å². The average Bonchev–Trinajstić information content (AvgIpc) is 2.77. The molecule has 0 fully saturated rings. The third-order valence-electron chi connectivity index (χ3n) is 5.78. The van der Waals surface area contributed by atoms with Crippen LogP contribution in [0.1, 0.15) is 56.6 Å². The molecule has 152 valence electrons. The molecule has 0 unspecified atom stereocenters. The fraction of sp³-hybridized carbons (Fsp3) is 0.357. The molecule has 3 rings (SSSR count). The highest BCUT2D eigenvalue weighted by Crippen LogP contribution is 2.27. The van der Waals surface area contributed by atoms with E-state index in [1.807, 2.05) is 0 Å². The number of hydrogen-bond donors (Lipinski definition) is 0. The Kier molecular flexibility index (Phi) is 7.93. The van der Waals surface area contributed by atoms with Crippen LogP contribution in [-0.4, -0.2) is 7.05 Å². The van der Waals surface area contributed by atoms with Crippen molar-refractivity contribution in [3.8, 4) is 11.1 Å². The molecule has 0 amide bonds. The zero-order valence-electron chi connectivity index (χ0n) is 18.3. The molecule has 0 aliphatic rings. The molecular weight excluding hydrogens is 350 g/mol. The van der Waals surface area contributed by atoms with Crippen molar-refractivity contribution in [2.45, 2.75) is 58.8 Å². The summed E-state index contributed by atoms with van der Waals surface area (Å²) in [6.45, 7) is 4.40. The molecule has 1 nitrogen and oxygen atoms in total. The minimum atomic E-state index is 1.20. The molecule has 3 aromatic carbocycles. The SMILES string of the molecule is CCCCCCCCc1ccc(N(C)c2ccc(-c3ccc(C)cc3)cc2)cc1. The zero-order valence-corrected chi connectivity index (χ0v) is 18.3. The van der Waals surface area contributed by atoms with Crippen LogP contribution in [-0.2, 0) is 6.42 Å². The fourth-order valence-electron chi connectivity index (χ4n) is 3.77. The molecule has 1 heteroatoms. The van der Waals surface area contributed by atoms with Gasteiger partial charge in [0.1, 0.15) is 0 Å². The molecule has 0 bridgehead atoms. The summed E-state index contributed by atoms with van der Waals surface area (Å²) >= 11 is 0. The van der Waals surface area contributed by atoms with Crippen LogP contribution >= 0.6 is 0 Å². The summed E-state index contributed by atoms with van der Waals surface area (Å²) in [7, 11) is 2.14. The fourth-order valence-corrected chi connectivity index (χ4v) is 3.77. The molecule has 29 heavy (non-hydrogen) atoms. The van der Waals surface area contributed by atoms with Gasteiger partial charge in [0.15, 0.2) is 0 Å². The molecule has 0 aliphatic carbocycles. The summed E-state index contributed by atoms with van der Waals surface area (Å²) in [5.41, 5.74) is 7.72. The highest BCUT2D eigenvalue weighted by molar-refractivity contribution is 5.69. The molecule has 0 saturated carbocycles. The van der Waals surface area contributed by atoms with Crippen LogP contribution in [0.2, 0.25) is 0 Å². The molecule has 0 aromatic heterocycles. The van der Waals surface area contributed by atoms with E-state index in [2.05, 4.69) is 98.6 Å². The summed E-state index contributed by atoms with van der Waals surface area (Å²) in [4.78, 5) is 2.26. The number of nitrogens with zero attached hydrogens (tertiary/aromatic N) is 1. The minimum absolute atomic E-state index is 1.20. The summed E-state index contributed by atoms with van der Waals surface area (Å²) in [6, 6.07) is 26.6. The van der Waals surface area contributed by atoms with Gasteiger partial charge < -0.3 is 4.90 Å². The molecule has 0 saturated heterocycles. The van der Waals surface area contributed by atoms with Gasteiger partial charge in [-0.05, 0) is 60.7 Å². The van der Waals surface area contributed by atoms with Gasteiger partial charge in [-0.1, -0.05) is 93.1 Å². The van der Waals surface area contributed by atoms with Gasteiger partial charge in [0.25, 0.3) is 0 Å². The number of aryl methyl sites for hydroxylation is 2. The lowest BCUT2D eigenvalue weighted by Crippen LogP contribution is -2.09. The van der Waals surface area contributed by atoms with Crippen molar-refractivity contribution >= 4 is 11.4 Å². The Labute approximate surface area is 177 Å². The van der Waals surface area contributed by atoms with Crippen LogP contribution in [0.5, 0.6) is 0 Å². The predicted molar refractivity (Wildman–Crippen MR) is 128 cm³/mol. The van der Waals surface area contributed by atoms with Crippen LogP contribution in [0.3, 0.4) is 0 Å². The van der Waals surface area contributed by atoms with Crippen LogP contribution in [0, 0.1) is 6.92 Å². The molecule has 0 radical (unpaired) electrons. The molecule has 0 N–H and O–H groups in total. The van der Waals surface area contributed by atoms with Gasteiger partial charge in [0.05, 0.1) is 0 Å². The number of benzene rings is 3. The topological polar surface area (TPSA) is 3.24 Å². The summed E-state index contributed by atoms with van der Waals surface area (Å²) in [5.74, 6) is 0. The van der Waals surface area contributed by atoms with E-state index >= 15 is 0 Å². The van der Waals surface area contributed by atoms with Gasteiger partial charge in [0, 0.05) is 18.4 Å². The summed E-state index contributed by atoms with van der Waals surface area (Å²) in [5, 5.41) is 0. The largest absolute Gasteiger partial charge is 0.345 e. The molecule has 0 heterocycles. The van der Waals surface area contributed by atoms with E-state index in [0.717, 1.165) is 0 Å². The minimum Gasteiger partial charge on any atom is -0.345 e. The van der Waals surface area contributed by atoms with Crippen molar-refractivity contribution in [3.63, 3.8) is 0 Å². The van der Waals surface area contributed by atoms with E-state index in [9.17, 15) is 0 Å². The monoisotopic (exact) mass is 385 g/mol. The smallest absolute Gasteiger partial charge is 0.0408 e. The van der Waals surface area contributed by atoms with Crippen LogP contribution in [0.15, 0.2) is 72.8 Å².